The fourth-order valence-electron chi connectivity index (χ4n) is 3.83. The minimum absolute atomic E-state index is 0.107. The molecule has 2 aliphatic rings. The van der Waals surface area contributed by atoms with Gasteiger partial charge in [0.2, 0.25) is 5.79 Å². The minimum atomic E-state index is -3.96. The first-order valence-electron chi connectivity index (χ1n) is 9.87. The fraction of sp³-hybridized carbons (Fsp3) is 0.318. The van der Waals surface area contributed by atoms with E-state index in [2.05, 4.69) is 4.40 Å². The molecule has 1 aliphatic heterocycles. The molecule has 2 aromatic carbocycles. The molecule has 2 aromatic rings. The van der Waals surface area contributed by atoms with Crippen LogP contribution in [0, 0.1) is 0 Å². The third kappa shape index (κ3) is 3.56. The number of fused-ring (bicyclic) bond motifs is 3. The number of ether oxygens (including phenoxy) is 1. The summed E-state index contributed by atoms with van der Waals surface area (Å²) in [7, 11) is -3.96. The largest absolute Gasteiger partial charge is 0.395 e. The Balaban J connectivity index is 1.85. The summed E-state index contributed by atoms with van der Waals surface area (Å²) in [4.78, 5) is 1.90. The molecule has 8 heteroatoms. The second-order valence-corrected chi connectivity index (χ2v) is 8.83. The van der Waals surface area contributed by atoms with E-state index in [0.717, 1.165) is 12.0 Å². The van der Waals surface area contributed by atoms with Crippen LogP contribution in [0.25, 0.3) is 0 Å². The number of benzene rings is 2. The number of hydrogen-bond acceptors (Lipinski definition) is 6. The molecule has 0 radical (unpaired) electrons. The van der Waals surface area contributed by atoms with Gasteiger partial charge in [-0.1, -0.05) is 43.3 Å². The van der Waals surface area contributed by atoms with Gasteiger partial charge in [0.15, 0.2) is 0 Å². The van der Waals surface area contributed by atoms with Crippen LogP contribution in [0.4, 0.5) is 0 Å². The van der Waals surface area contributed by atoms with Gasteiger partial charge in [-0.2, -0.15) is 12.8 Å². The van der Waals surface area contributed by atoms with Crippen molar-refractivity contribution in [1.82, 2.24) is 4.90 Å². The van der Waals surface area contributed by atoms with Crippen molar-refractivity contribution in [3.63, 3.8) is 0 Å². The van der Waals surface area contributed by atoms with Crippen molar-refractivity contribution in [3.8, 4) is 0 Å². The highest BCUT2D eigenvalue weighted by molar-refractivity contribution is 7.90. The van der Waals surface area contributed by atoms with Gasteiger partial charge in [-0.05, 0) is 30.2 Å². The van der Waals surface area contributed by atoms with E-state index >= 15 is 0 Å². The Morgan fingerprint density at radius 2 is 1.90 bits per heavy atom. The van der Waals surface area contributed by atoms with Crippen molar-refractivity contribution in [1.29, 1.82) is 0 Å². The quantitative estimate of drug-likeness (QED) is 0.753. The van der Waals surface area contributed by atoms with E-state index in [0.29, 0.717) is 23.4 Å². The number of allylic oxidation sites excluding steroid dienone is 1. The number of aliphatic hydroxyl groups is 2. The molecule has 1 unspecified atom stereocenters. The average molecular weight is 429 g/mol. The summed E-state index contributed by atoms with van der Waals surface area (Å²) < 4.78 is 35.8. The summed E-state index contributed by atoms with van der Waals surface area (Å²) in [5, 5.41) is 20.7. The van der Waals surface area contributed by atoms with E-state index in [1.165, 1.54) is 6.08 Å². The van der Waals surface area contributed by atoms with Crippen molar-refractivity contribution >= 4 is 15.7 Å². The highest BCUT2D eigenvalue weighted by Crippen LogP contribution is 2.41. The summed E-state index contributed by atoms with van der Waals surface area (Å²) in [6.07, 6.45) is 2.35. The Hall–Kier alpha value is -2.52. The smallest absolute Gasteiger partial charge is 0.282 e. The minimum Gasteiger partial charge on any atom is -0.395 e. The number of rotatable bonds is 5. The SMILES string of the molecule is CCc1ccc(S(=O)(=O)/N=C2/C=C3N(CCO)CCOC3(O)c3ccccc32)cc1. The van der Waals surface area contributed by atoms with E-state index in [-0.39, 0.29) is 30.4 Å². The molecule has 4 rings (SSSR count). The molecule has 1 aliphatic carbocycles. The topological polar surface area (TPSA) is 99.4 Å². The average Bonchev–Trinajstić information content (AvgIpc) is 2.75. The Labute approximate surface area is 176 Å². The number of morpholine rings is 1. The van der Waals surface area contributed by atoms with Crippen LogP contribution >= 0.6 is 0 Å². The van der Waals surface area contributed by atoms with Gasteiger partial charge >= 0.3 is 0 Å². The first-order valence-corrected chi connectivity index (χ1v) is 11.3. The third-order valence-electron chi connectivity index (χ3n) is 5.42. The van der Waals surface area contributed by atoms with Crippen molar-refractivity contribution in [2.45, 2.75) is 24.0 Å². The lowest BCUT2D eigenvalue weighted by Gasteiger charge is -2.45. The molecule has 0 amide bonds. The molecule has 1 atom stereocenters. The summed E-state index contributed by atoms with van der Waals surface area (Å²) in [6.45, 7) is 2.92. The van der Waals surface area contributed by atoms with Crippen molar-refractivity contribution in [2.75, 3.05) is 26.3 Å². The molecule has 1 saturated heterocycles. The molecule has 0 aromatic heterocycles. The van der Waals surface area contributed by atoms with Crippen LogP contribution in [0.1, 0.15) is 23.6 Å². The maximum absolute atomic E-state index is 13.0. The van der Waals surface area contributed by atoms with Gasteiger partial charge in [0.25, 0.3) is 10.0 Å². The lowest BCUT2D eigenvalue weighted by atomic mass is 9.86. The number of aliphatic hydroxyl groups excluding tert-OH is 1. The number of β-amino-alcohol motifs (C(OH)–C–C–N with tert-alkyl or cyclic N) is 1. The molecule has 30 heavy (non-hydrogen) atoms. The zero-order valence-electron chi connectivity index (χ0n) is 16.7. The highest BCUT2D eigenvalue weighted by atomic mass is 32.2. The van der Waals surface area contributed by atoms with E-state index in [9.17, 15) is 18.6 Å². The monoisotopic (exact) mass is 428 g/mol. The van der Waals surface area contributed by atoms with E-state index in [4.69, 9.17) is 4.74 Å². The lowest BCUT2D eigenvalue weighted by molar-refractivity contribution is -0.219. The van der Waals surface area contributed by atoms with Gasteiger partial charge in [0.1, 0.15) is 0 Å². The Kier molecular flexibility index (Phi) is 5.50. The summed E-state index contributed by atoms with van der Waals surface area (Å²) in [6, 6.07) is 13.6. The standard InChI is InChI=1S/C22H24N2O5S/c1-2-16-7-9-17(10-8-16)30(27,28)23-20-15-21-22(26,19-6-4-3-5-18(19)20)29-14-12-24(21)11-13-25/h3-10,15,25-26H,2,11-14H2,1H3/b23-20-. The number of aryl methyl sites for hydroxylation is 1. The second-order valence-electron chi connectivity index (χ2n) is 7.23. The van der Waals surface area contributed by atoms with Gasteiger partial charge in [0, 0.05) is 24.2 Å². The zero-order chi connectivity index (χ0) is 21.4. The van der Waals surface area contributed by atoms with Crippen LogP contribution in [0.5, 0.6) is 0 Å². The van der Waals surface area contributed by atoms with Gasteiger partial charge in [-0.3, -0.25) is 0 Å². The summed E-state index contributed by atoms with van der Waals surface area (Å²) in [5.41, 5.74) is 2.55. The Bertz CT molecular complexity index is 1110. The molecule has 0 bridgehead atoms. The molecule has 7 nitrogen and oxygen atoms in total. The normalized spacial score (nSPS) is 22.4. The van der Waals surface area contributed by atoms with Crippen LogP contribution in [0.3, 0.4) is 0 Å². The van der Waals surface area contributed by atoms with E-state index < -0.39 is 15.8 Å². The van der Waals surface area contributed by atoms with Gasteiger partial charge in [0.05, 0.1) is 29.5 Å². The predicted molar refractivity (Wildman–Crippen MR) is 113 cm³/mol. The van der Waals surface area contributed by atoms with Gasteiger partial charge in [-0.25, -0.2) is 0 Å². The van der Waals surface area contributed by atoms with Crippen molar-refractivity contribution < 1.29 is 23.4 Å². The fourth-order valence-corrected chi connectivity index (χ4v) is 4.83. The van der Waals surface area contributed by atoms with E-state index in [1.54, 1.807) is 53.4 Å². The Morgan fingerprint density at radius 3 is 2.60 bits per heavy atom. The van der Waals surface area contributed by atoms with Crippen molar-refractivity contribution in [2.24, 2.45) is 4.40 Å². The van der Waals surface area contributed by atoms with Gasteiger partial charge < -0.3 is 19.8 Å². The van der Waals surface area contributed by atoms with Crippen LogP contribution in [-0.4, -0.2) is 55.5 Å². The van der Waals surface area contributed by atoms with Crippen LogP contribution in [0.15, 0.2) is 69.6 Å². The number of sulfonamides is 1. The lowest BCUT2D eigenvalue weighted by Crippen LogP contribution is -2.50. The van der Waals surface area contributed by atoms with Crippen LogP contribution in [0.2, 0.25) is 0 Å². The zero-order valence-corrected chi connectivity index (χ0v) is 17.5. The molecule has 1 heterocycles. The van der Waals surface area contributed by atoms with Crippen LogP contribution < -0.4 is 0 Å². The predicted octanol–water partition coefficient (Wildman–Crippen LogP) is 1.79. The number of hydrogen-bond donors (Lipinski definition) is 2. The molecule has 2 N–H and O–H groups in total. The van der Waals surface area contributed by atoms with Gasteiger partial charge in [-0.15, -0.1) is 0 Å². The van der Waals surface area contributed by atoms with Crippen LogP contribution in [-0.2, 0) is 27.0 Å². The molecule has 0 spiro atoms. The molecule has 1 fully saturated rings. The first kappa shape index (κ1) is 20.7. The molecular formula is C22H24N2O5S. The first-order chi connectivity index (χ1) is 14.4. The summed E-state index contributed by atoms with van der Waals surface area (Å²) >= 11 is 0. The van der Waals surface area contributed by atoms with Crippen molar-refractivity contribution in [3.05, 3.63) is 77.0 Å². The number of nitrogens with zero attached hydrogens (tertiary/aromatic N) is 2. The van der Waals surface area contributed by atoms with E-state index in [1.807, 2.05) is 6.92 Å². The highest BCUT2D eigenvalue weighted by Gasteiger charge is 2.46. The second kappa shape index (κ2) is 7.96. The molecule has 158 valence electrons. The molecular weight excluding hydrogens is 404 g/mol. The third-order valence-corrected chi connectivity index (χ3v) is 6.72. The maximum atomic E-state index is 13.0. The molecule has 0 saturated carbocycles. The Morgan fingerprint density at radius 1 is 1.17 bits per heavy atom. The summed E-state index contributed by atoms with van der Waals surface area (Å²) in [5.74, 6) is -1.71. The maximum Gasteiger partial charge on any atom is 0.282 e.